The van der Waals surface area contributed by atoms with Gasteiger partial charge < -0.3 is 121 Å². The van der Waals surface area contributed by atoms with Gasteiger partial charge in [-0.1, -0.05) is 90.1 Å². The summed E-state index contributed by atoms with van der Waals surface area (Å²) < 4.78 is 0. The van der Waals surface area contributed by atoms with E-state index in [1.807, 2.05) is 0 Å². The van der Waals surface area contributed by atoms with Gasteiger partial charge in [0.2, 0.25) is 82.7 Å². The number of carboxylic acid groups (broad SMARTS) is 3. The van der Waals surface area contributed by atoms with E-state index in [1.165, 1.54) is 45.0 Å². The number of fused-ring (bicyclic) bond motifs is 2. The first-order chi connectivity index (χ1) is 57.5. The number of carbonyl (C=O) groups is 17. The number of carbonyl (C=O) groups excluding carboxylic acids is 14. The lowest BCUT2D eigenvalue weighted by Gasteiger charge is -2.31. The predicted molar refractivity (Wildman–Crippen MR) is 442 cm³/mol. The third-order valence-corrected chi connectivity index (χ3v) is 20.2. The lowest BCUT2D eigenvalue weighted by atomic mass is 9.99. The Morgan fingerprint density at radius 2 is 0.861 bits per heavy atom. The Balaban J connectivity index is 1.21. The molecule has 0 unspecified atom stereocenters. The number of phenolic OH excluding ortho intramolecular Hbond substituents is 1. The topological polar surface area (TPSA) is 649 Å². The average molecular weight is 1710 g/mol. The molecular formula is C82H116N18O22. The molecule has 15 atom stereocenters. The molecule has 1 fully saturated rings. The molecule has 0 radical (unpaired) electrons. The average Bonchev–Trinajstić information content (AvgIpc) is 1.65. The third kappa shape index (κ3) is 30.3. The number of aromatic nitrogens is 2. The summed E-state index contributed by atoms with van der Waals surface area (Å²) in [5.74, 6) is -19.8. The van der Waals surface area contributed by atoms with Gasteiger partial charge in [-0.05, 0) is 137 Å². The van der Waals surface area contributed by atoms with E-state index in [4.69, 9.17) is 17.2 Å². The number of carboxylic acids is 3. The highest BCUT2D eigenvalue weighted by molar-refractivity contribution is 6.02. The molecule has 0 bridgehead atoms. The van der Waals surface area contributed by atoms with E-state index in [1.54, 1.807) is 102 Å². The second-order valence-corrected chi connectivity index (χ2v) is 31.9. The number of amides is 14. The number of nitrogens with two attached hydrogens (primary N) is 3. The molecule has 3 heterocycles. The lowest BCUT2D eigenvalue weighted by Crippen LogP contribution is -2.62. The number of aliphatic hydroxyl groups excluding tert-OH is 1. The second-order valence-electron chi connectivity index (χ2n) is 31.9. The van der Waals surface area contributed by atoms with Crippen molar-refractivity contribution in [2.45, 2.75) is 243 Å². The summed E-state index contributed by atoms with van der Waals surface area (Å²) >= 11 is 0. The molecule has 14 amide bonds. The van der Waals surface area contributed by atoms with E-state index in [0.29, 0.717) is 44.9 Å². The van der Waals surface area contributed by atoms with E-state index in [2.05, 4.69) is 73.8 Å². The minimum absolute atomic E-state index is 0.0256. The first-order valence-electron chi connectivity index (χ1n) is 40.5. The minimum atomic E-state index is -1.96. The van der Waals surface area contributed by atoms with Crippen LogP contribution in [0.5, 0.6) is 5.75 Å². The normalized spacial score (nSPS) is 16.1. The summed E-state index contributed by atoms with van der Waals surface area (Å²) in [4.78, 5) is 242. The first-order valence-corrected chi connectivity index (χ1v) is 40.5. The molecule has 1 saturated heterocycles. The maximum Gasteiger partial charge on any atom is 0.326 e. The number of hydrogen-bond donors (Lipinski definition) is 22. The molecule has 666 valence electrons. The van der Waals surface area contributed by atoms with Crippen LogP contribution in [0.1, 0.15) is 150 Å². The van der Waals surface area contributed by atoms with Crippen molar-refractivity contribution in [2.75, 3.05) is 13.1 Å². The molecule has 5 aromatic rings. The Morgan fingerprint density at radius 3 is 1.33 bits per heavy atom. The number of aromatic hydroxyl groups is 1. The van der Waals surface area contributed by atoms with Crippen LogP contribution in [0.25, 0.3) is 21.8 Å². The van der Waals surface area contributed by atoms with Crippen molar-refractivity contribution >= 4 is 122 Å². The van der Waals surface area contributed by atoms with Crippen LogP contribution in [0.2, 0.25) is 0 Å². The molecule has 0 spiro atoms. The van der Waals surface area contributed by atoms with E-state index in [0.717, 1.165) is 4.90 Å². The van der Waals surface area contributed by atoms with Gasteiger partial charge >= 0.3 is 17.9 Å². The highest BCUT2D eigenvalue weighted by Gasteiger charge is 2.43. The van der Waals surface area contributed by atoms with E-state index >= 15 is 0 Å². The Kier molecular flexibility index (Phi) is 37.7. The second kappa shape index (κ2) is 46.8. The number of unbranched alkanes of at least 4 members (excludes halogenated alkanes) is 1. The fourth-order valence-electron chi connectivity index (χ4n) is 13.9. The van der Waals surface area contributed by atoms with Crippen molar-refractivity contribution in [3.05, 3.63) is 102 Å². The van der Waals surface area contributed by atoms with Gasteiger partial charge in [0, 0.05) is 60.0 Å². The van der Waals surface area contributed by atoms with Gasteiger partial charge in [-0.25, -0.2) is 4.79 Å². The fraction of sp³-hybridized carbons (Fsp3) is 0.524. The standard InChI is InChI=1S/C82H116N18O22/c1-40(2)29-55(72(111)88-44(8)70(109)98-63(82(121)122)37-67(106)107)92-75(114)59(33-47-38-86-52-19-12-10-17-50(47)52)94-73(112)56(30-41(3)4)91-71(110)54(21-14-15-27-83)89-80(119)68(45(9)101)99-78(117)57(31-42(5)6)96-79(118)64-22-16-28-100(64)81(120)62(36-66(104)105)97-74(113)58(32-46-23-25-49(102)26-24-46)93-76(115)60(34-48-39-87-53-20-13-11-18-51(48)53)95-77(116)61(35-65(85)103)90-69(108)43(7)84/h10-13,17-20,23-26,38-45,54-64,68,86-87,101-102H,14-16,21-22,27-37,83-84H2,1-9H3,(H2,85,103)(H,88,111)(H,89,119)(H,90,108)(H,91,110)(H,92,114)(H,93,115)(H,94,112)(H,95,116)(H,96,118)(H,97,113)(H,98,109)(H,99,117)(H,104,105)(H,106,107)(H,121,122)/t43-,44-,45+,54-,55-,56-,57-,58-,59-,60-,61-,62-,63-,64-,68-/m0/s1. The van der Waals surface area contributed by atoms with E-state index < -0.39 is 217 Å². The van der Waals surface area contributed by atoms with Gasteiger partial charge in [0.05, 0.1) is 31.4 Å². The van der Waals surface area contributed by atoms with Crippen LogP contribution in [0.4, 0.5) is 0 Å². The van der Waals surface area contributed by atoms with Crippen molar-refractivity contribution in [1.29, 1.82) is 0 Å². The Hall–Kier alpha value is -12.6. The zero-order valence-electron chi connectivity index (χ0n) is 69.6. The highest BCUT2D eigenvalue weighted by Crippen LogP contribution is 2.25. The van der Waals surface area contributed by atoms with E-state index in [-0.39, 0.29) is 94.4 Å². The number of aromatic amines is 2. The van der Waals surface area contributed by atoms with Crippen LogP contribution < -0.4 is 81.0 Å². The Morgan fingerprint density at radius 1 is 0.451 bits per heavy atom. The molecule has 1 aliphatic heterocycles. The number of hydrogen-bond acceptors (Lipinski definition) is 21. The monoisotopic (exact) mass is 1700 g/mol. The molecule has 0 aliphatic carbocycles. The Labute approximate surface area is 703 Å². The number of primary amides is 1. The molecule has 3 aromatic carbocycles. The van der Waals surface area contributed by atoms with Crippen LogP contribution >= 0.6 is 0 Å². The molecule has 6 rings (SSSR count). The number of aliphatic carboxylic acids is 3. The van der Waals surface area contributed by atoms with Crippen LogP contribution in [0.3, 0.4) is 0 Å². The van der Waals surface area contributed by atoms with Crippen LogP contribution in [-0.4, -0.2) is 245 Å². The van der Waals surface area contributed by atoms with Gasteiger partial charge in [0.25, 0.3) is 0 Å². The molecule has 2 aromatic heterocycles. The number of rotatable bonds is 49. The summed E-state index contributed by atoms with van der Waals surface area (Å²) in [5.41, 5.74) is 19.7. The molecule has 0 saturated carbocycles. The number of likely N-dealkylation sites (tertiary alicyclic amines) is 1. The zero-order chi connectivity index (χ0) is 90.5. The predicted octanol–water partition coefficient (Wildman–Crippen LogP) is -1.88. The van der Waals surface area contributed by atoms with Crippen molar-refractivity contribution in [1.82, 2.24) is 78.7 Å². The Bertz CT molecular complexity index is 4550. The lowest BCUT2D eigenvalue weighted by molar-refractivity contribution is -0.147. The van der Waals surface area contributed by atoms with Crippen LogP contribution in [-0.2, 0) is 101 Å². The number of nitrogens with zero attached hydrogens (tertiary/aromatic N) is 1. The van der Waals surface area contributed by atoms with Crippen LogP contribution in [0.15, 0.2) is 85.2 Å². The van der Waals surface area contributed by atoms with Gasteiger partial charge in [-0.3, -0.25) is 76.7 Å². The van der Waals surface area contributed by atoms with Crippen LogP contribution in [0, 0.1) is 17.8 Å². The maximum atomic E-state index is 14.9. The zero-order valence-corrected chi connectivity index (χ0v) is 69.6. The van der Waals surface area contributed by atoms with Gasteiger partial charge in [-0.15, -0.1) is 0 Å². The van der Waals surface area contributed by atoms with Gasteiger partial charge in [-0.2, -0.15) is 0 Å². The third-order valence-electron chi connectivity index (χ3n) is 20.2. The van der Waals surface area contributed by atoms with Crippen molar-refractivity contribution < 1.29 is 107 Å². The summed E-state index contributed by atoms with van der Waals surface area (Å²) in [6, 6.07) is -2.60. The SMILES string of the molecule is CC(C)C[C@H](NC(=O)[C@H](Cc1c[nH]c2ccccc12)NC(=O)[C@H](CC(C)C)NC(=O)[C@H](CCCCN)NC(=O)[C@@H](NC(=O)[C@H](CC(C)C)NC(=O)[C@@H]1CCCN1C(=O)[C@H](CC(=O)O)NC(=O)[C@H](Cc1ccc(O)cc1)NC(=O)[C@H](Cc1c[nH]c2ccccc12)NC(=O)[C@H](CC(N)=O)NC(=O)[C@H](C)N)[C@@H](C)O)C(=O)N[C@@H](C)C(=O)N[C@@H](CC(=O)O)C(=O)O. The summed E-state index contributed by atoms with van der Waals surface area (Å²) in [6.45, 7) is 14.0. The highest BCUT2D eigenvalue weighted by atomic mass is 16.4. The molecule has 25 N–H and O–H groups in total. The smallest absolute Gasteiger partial charge is 0.326 e. The number of para-hydroxylation sites is 2. The molecule has 122 heavy (non-hydrogen) atoms. The molecule has 40 nitrogen and oxygen atoms in total. The number of aliphatic hydroxyl groups is 1. The van der Waals surface area contributed by atoms with Crippen molar-refractivity contribution in [3.8, 4) is 5.75 Å². The van der Waals surface area contributed by atoms with Crippen molar-refractivity contribution in [3.63, 3.8) is 0 Å². The molecule has 1 aliphatic rings. The number of nitrogens with one attached hydrogen (secondary N) is 14. The summed E-state index contributed by atoms with van der Waals surface area (Å²) in [7, 11) is 0. The fourth-order valence-corrected chi connectivity index (χ4v) is 13.9. The van der Waals surface area contributed by atoms with E-state index in [9.17, 15) is 107 Å². The largest absolute Gasteiger partial charge is 0.508 e. The number of H-pyrrole nitrogens is 2. The number of phenols is 1. The minimum Gasteiger partial charge on any atom is -0.508 e. The quantitative estimate of drug-likeness (QED) is 0.0189. The maximum absolute atomic E-state index is 14.9. The first kappa shape index (κ1) is 98.2. The summed E-state index contributed by atoms with van der Waals surface area (Å²) in [5, 5.41) is 82.1. The number of benzene rings is 3. The summed E-state index contributed by atoms with van der Waals surface area (Å²) in [6.07, 6.45) is -1.88. The van der Waals surface area contributed by atoms with Gasteiger partial charge in [0.15, 0.2) is 0 Å². The van der Waals surface area contributed by atoms with Crippen molar-refractivity contribution in [2.24, 2.45) is 35.0 Å². The molecule has 40 heteroatoms. The van der Waals surface area contributed by atoms with Gasteiger partial charge in [0.1, 0.15) is 84.3 Å². The molecular weight excluding hydrogens is 1590 g/mol.